The molecule has 0 heteroatoms. The van der Waals surface area contributed by atoms with E-state index in [2.05, 4.69) is 47.3 Å². The zero-order chi connectivity index (χ0) is 10.2. The van der Waals surface area contributed by atoms with Crippen molar-refractivity contribution < 1.29 is 0 Å². The van der Waals surface area contributed by atoms with Crippen molar-refractivity contribution in [1.29, 1.82) is 0 Å². The summed E-state index contributed by atoms with van der Waals surface area (Å²) in [7, 11) is 0. The Labute approximate surface area is 82.0 Å². The maximum atomic E-state index is 3.92. The predicted octanol–water partition coefficient (Wildman–Crippen LogP) is 4.11. The first-order valence-corrected chi connectivity index (χ1v) is 4.98. The molecule has 0 radical (unpaired) electrons. The molecule has 1 rings (SSSR count). The Bertz CT molecular complexity index is 289. The van der Waals surface area contributed by atoms with Crippen LogP contribution in [-0.4, -0.2) is 0 Å². The normalized spacial score (nSPS) is 29.6. The van der Waals surface area contributed by atoms with Gasteiger partial charge < -0.3 is 0 Å². The lowest BCUT2D eigenvalue weighted by Gasteiger charge is -2.31. The minimum Gasteiger partial charge on any atom is -0.102 e. The molecular weight excluding hydrogens is 156 g/mol. The Hall–Kier alpha value is -0.780. The van der Waals surface area contributed by atoms with E-state index in [9.17, 15) is 0 Å². The van der Waals surface area contributed by atoms with Gasteiger partial charge in [0.05, 0.1) is 0 Å². The maximum Gasteiger partial charge on any atom is 0.00401 e. The Balaban J connectivity index is 3.22. The molecule has 0 nitrogen and oxygen atoms in total. The third-order valence-corrected chi connectivity index (χ3v) is 3.72. The van der Waals surface area contributed by atoms with Gasteiger partial charge in [-0.2, -0.15) is 0 Å². The summed E-state index contributed by atoms with van der Waals surface area (Å²) in [5, 5.41) is 0. The van der Waals surface area contributed by atoms with Crippen LogP contribution in [0.2, 0.25) is 0 Å². The first-order valence-electron chi connectivity index (χ1n) is 4.98. The zero-order valence-electron chi connectivity index (χ0n) is 9.44. The molecule has 2 unspecified atom stereocenters. The zero-order valence-corrected chi connectivity index (χ0v) is 9.44. The Morgan fingerprint density at radius 2 is 1.46 bits per heavy atom. The summed E-state index contributed by atoms with van der Waals surface area (Å²) < 4.78 is 0. The summed E-state index contributed by atoms with van der Waals surface area (Å²) in [6.45, 7) is 15.1. The Kier molecular flexibility index (Phi) is 2.80. The minimum atomic E-state index is 0.545. The van der Waals surface area contributed by atoms with Crippen LogP contribution in [0.5, 0.6) is 0 Å². The molecule has 0 amide bonds. The van der Waals surface area contributed by atoms with Crippen molar-refractivity contribution in [2.45, 2.75) is 34.6 Å². The number of hydrogen-bond donors (Lipinski definition) is 0. The van der Waals surface area contributed by atoms with Crippen molar-refractivity contribution in [3.8, 4) is 0 Å². The fourth-order valence-electron chi connectivity index (χ4n) is 2.21. The molecule has 0 aromatic rings. The maximum absolute atomic E-state index is 3.92. The second kappa shape index (κ2) is 3.53. The fraction of sp³-hybridized carbons (Fsp3) is 0.538. The van der Waals surface area contributed by atoms with Crippen LogP contribution < -0.4 is 0 Å². The molecule has 0 saturated heterocycles. The van der Waals surface area contributed by atoms with Gasteiger partial charge in [0.1, 0.15) is 0 Å². The standard InChI is InChI=1S/C13H20/c1-7-13-11(5)9(3)8(2)10(4)12(13)6/h7,11,13H,1H2,2-6H3. The van der Waals surface area contributed by atoms with Crippen LogP contribution in [-0.2, 0) is 0 Å². The Morgan fingerprint density at radius 3 is 1.92 bits per heavy atom. The highest BCUT2D eigenvalue weighted by atomic mass is 14.3. The quantitative estimate of drug-likeness (QED) is 0.527. The van der Waals surface area contributed by atoms with E-state index in [0.29, 0.717) is 11.8 Å². The van der Waals surface area contributed by atoms with Gasteiger partial charge in [-0.05, 0) is 44.8 Å². The van der Waals surface area contributed by atoms with Crippen molar-refractivity contribution in [2.75, 3.05) is 0 Å². The molecule has 0 aromatic carbocycles. The number of hydrogen-bond acceptors (Lipinski definition) is 0. The van der Waals surface area contributed by atoms with E-state index >= 15 is 0 Å². The molecule has 0 fully saturated rings. The van der Waals surface area contributed by atoms with Gasteiger partial charge in [-0.25, -0.2) is 0 Å². The number of rotatable bonds is 1. The SMILES string of the molecule is C=CC1C(C)=C(C)C(C)=C(C)C1C. The minimum absolute atomic E-state index is 0.545. The van der Waals surface area contributed by atoms with Crippen LogP contribution in [0.4, 0.5) is 0 Å². The monoisotopic (exact) mass is 176 g/mol. The van der Waals surface area contributed by atoms with Gasteiger partial charge in [0.25, 0.3) is 0 Å². The summed E-state index contributed by atoms with van der Waals surface area (Å²) >= 11 is 0. The van der Waals surface area contributed by atoms with Crippen molar-refractivity contribution in [3.63, 3.8) is 0 Å². The van der Waals surface area contributed by atoms with Crippen molar-refractivity contribution in [2.24, 2.45) is 11.8 Å². The van der Waals surface area contributed by atoms with Gasteiger partial charge in [0, 0.05) is 5.92 Å². The third-order valence-electron chi connectivity index (χ3n) is 3.72. The number of allylic oxidation sites excluding steroid dienone is 5. The fourth-order valence-corrected chi connectivity index (χ4v) is 2.21. The smallest absolute Gasteiger partial charge is 0.00401 e. The first-order chi connectivity index (χ1) is 6.00. The molecule has 0 bridgehead atoms. The van der Waals surface area contributed by atoms with Crippen molar-refractivity contribution in [3.05, 3.63) is 34.9 Å². The van der Waals surface area contributed by atoms with E-state index < -0.39 is 0 Å². The van der Waals surface area contributed by atoms with E-state index in [4.69, 9.17) is 0 Å². The van der Waals surface area contributed by atoms with Crippen LogP contribution in [0, 0.1) is 11.8 Å². The largest absolute Gasteiger partial charge is 0.102 e. The van der Waals surface area contributed by atoms with Crippen LogP contribution >= 0.6 is 0 Å². The first kappa shape index (κ1) is 10.3. The third kappa shape index (κ3) is 1.50. The van der Waals surface area contributed by atoms with Gasteiger partial charge in [-0.3, -0.25) is 0 Å². The van der Waals surface area contributed by atoms with Crippen molar-refractivity contribution in [1.82, 2.24) is 0 Å². The molecule has 0 aromatic heterocycles. The van der Waals surface area contributed by atoms with Gasteiger partial charge >= 0.3 is 0 Å². The van der Waals surface area contributed by atoms with E-state index in [1.54, 1.807) is 0 Å². The summed E-state index contributed by atoms with van der Waals surface area (Å²) in [4.78, 5) is 0. The molecule has 13 heavy (non-hydrogen) atoms. The lowest BCUT2D eigenvalue weighted by atomic mass is 9.74. The van der Waals surface area contributed by atoms with E-state index in [1.807, 2.05) is 0 Å². The molecule has 0 heterocycles. The van der Waals surface area contributed by atoms with E-state index in [0.717, 1.165) is 0 Å². The van der Waals surface area contributed by atoms with E-state index in [-0.39, 0.29) is 0 Å². The summed E-state index contributed by atoms with van der Waals surface area (Å²) in [5.41, 5.74) is 5.95. The molecule has 72 valence electrons. The van der Waals surface area contributed by atoms with Crippen LogP contribution in [0.1, 0.15) is 34.6 Å². The molecule has 1 aliphatic rings. The molecule has 2 atom stereocenters. The van der Waals surface area contributed by atoms with Gasteiger partial charge in [0.2, 0.25) is 0 Å². The lowest BCUT2D eigenvalue weighted by Crippen LogP contribution is -2.18. The predicted molar refractivity (Wildman–Crippen MR) is 59.6 cm³/mol. The van der Waals surface area contributed by atoms with Gasteiger partial charge in [-0.15, -0.1) is 6.58 Å². The summed E-state index contributed by atoms with van der Waals surface area (Å²) in [5.74, 6) is 1.17. The highest BCUT2D eigenvalue weighted by molar-refractivity contribution is 5.42. The Morgan fingerprint density at radius 1 is 1.00 bits per heavy atom. The topological polar surface area (TPSA) is 0 Å². The average molecular weight is 176 g/mol. The van der Waals surface area contributed by atoms with Crippen LogP contribution in [0.3, 0.4) is 0 Å². The van der Waals surface area contributed by atoms with E-state index in [1.165, 1.54) is 22.3 Å². The van der Waals surface area contributed by atoms with Crippen LogP contribution in [0.25, 0.3) is 0 Å². The molecule has 0 N–H and O–H groups in total. The second-order valence-corrected chi connectivity index (χ2v) is 4.17. The summed E-state index contributed by atoms with van der Waals surface area (Å²) in [6, 6.07) is 0. The second-order valence-electron chi connectivity index (χ2n) is 4.17. The molecule has 0 spiro atoms. The van der Waals surface area contributed by atoms with Gasteiger partial charge in [0.15, 0.2) is 0 Å². The molecular formula is C13H20. The highest BCUT2D eigenvalue weighted by Gasteiger charge is 2.24. The average Bonchev–Trinajstić information content (AvgIpc) is 2.13. The lowest BCUT2D eigenvalue weighted by molar-refractivity contribution is 0.532. The highest BCUT2D eigenvalue weighted by Crippen LogP contribution is 2.38. The van der Waals surface area contributed by atoms with Gasteiger partial charge in [-0.1, -0.05) is 24.1 Å². The molecule has 1 aliphatic carbocycles. The molecule has 0 aliphatic heterocycles. The molecule has 0 saturated carbocycles. The van der Waals surface area contributed by atoms with Crippen molar-refractivity contribution >= 4 is 0 Å². The summed E-state index contributed by atoms with van der Waals surface area (Å²) in [6.07, 6.45) is 2.08. The van der Waals surface area contributed by atoms with Crippen LogP contribution in [0.15, 0.2) is 34.9 Å².